The van der Waals surface area contributed by atoms with Crippen LogP contribution in [0.25, 0.3) is 0 Å². The van der Waals surface area contributed by atoms with Crippen LogP contribution in [-0.4, -0.2) is 45.4 Å². The van der Waals surface area contributed by atoms with Gasteiger partial charge in [0.2, 0.25) is 10.0 Å². The first-order valence-electron chi connectivity index (χ1n) is 9.15. The maximum Gasteiger partial charge on any atom is 0.266 e. The van der Waals surface area contributed by atoms with Gasteiger partial charge in [-0.3, -0.25) is 9.48 Å². The van der Waals surface area contributed by atoms with Crippen molar-refractivity contribution in [1.29, 1.82) is 0 Å². The number of hydrogen-bond acceptors (Lipinski definition) is 5. The molecule has 27 heavy (non-hydrogen) atoms. The minimum Gasteiger partial charge on any atom is -0.274 e. The van der Waals surface area contributed by atoms with E-state index in [0.717, 1.165) is 5.69 Å². The normalized spacial score (nSPS) is 17.3. The van der Waals surface area contributed by atoms with Gasteiger partial charge in [0.1, 0.15) is 4.90 Å². The van der Waals surface area contributed by atoms with Gasteiger partial charge in [0.05, 0.1) is 11.9 Å². The number of rotatable bonds is 4. The van der Waals surface area contributed by atoms with Crippen LogP contribution < -0.4 is 5.56 Å². The van der Waals surface area contributed by atoms with E-state index in [1.807, 2.05) is 0 Å². The van der Waals surface area contributed by atoms with Crippen LogP contribution in [0.2, 0.25) is 0 Å². The van der Waals surface area contributed by atoms with Gasteiger partial charge in [-0.1, -0.05) is 20.8 Å². The zero-order valence-corrected chi connectivity index (χ0v) is 17.1. The average molecular weight is 394 g/mol. The van der Waals surface area contributed by atoms with Gasteiger partial charge in [0, 0.05) is 44.4 Å². The van der Waals surface area contributed by atoms with Crippen LogP contribution in [0.15, 0.2) is 34.2 Å². The molecule has 8 nitrogen and oxygen atoms in total. The molecule has 2 aromatic rings. The van der Waals surface area contributed by atoms with E-state index in [1.165, 1.54) is 26.1 Å². The molecule has 1 aliphatic heterocycles. The number of nitrogens with zero attached hydrogens (tertiary/aromatic N) is 5. The summed E-state index contributed by atoms with van der Waals surface area (Å²) in [6, 6.07) is 3.34. The molecule has 1 fully saturated rings. The number of aromatic nitrogens is 4. The topological polar surface area (TPSA) is 90.1 Å². The molecule has 0 radical (unpaired) electrons. The highest BCUT2D eigenvalue weighted by atomic mass is 32.2. The number of hydrogen-bond donors (Lipinski definition) is 0. The summed E-state index contributed by atoms with van der Waals surface area (Å²) in [5.41, 5.74) is 0.628. The number of piperidine rings is 1. The SMILES string of the molecule is Cn1cc(S(=O)(=O)N2CCC(Cn3nc(C(C)(C)C)ccc3=O)CC2)cn1. The van der Waals surface area contributed by atoms with Crippen molar-refractivity contribution in [2.45, 2.75) is 50.5 Å². The lowest BCUT2D eigenvalue weighted by Crippen LogP contribution is -2.40. The van der Waals surface area contributed by atoms with Gasteiger partial charge in [0.15, 0.2) is 0 Å². The van der Waals surface area contributed by atoms with E-state index < -0.39 is 10.0 Å². The Balaban J connectivity index is 1.68. The van der Waals surface area contributed by atoms with Crippen molar-refractivity contribution in [1.82, 2.24) is 23.9 Å². The Morgan fingerprint density at radius 1 is 1.19 bits per heavy atom. The predicted molar refractivity (Wildman–Crippen MR) is 102 cm³/mol. The molecule has 3 rings (SSSR count). The molecule has 0 saturated carbocycles. The molecule has 9 heteroatoms. The molecule has 3 heterocycles. The van der Waals surface area contributed by atoms with E-state index in [2.05, 4.69) is 31.0 Å². The van der Waals surface area contributed by atoms with Crippen LogP contribution in [0.3, 0.4) is 0 Å². The van der Waals surface area contributed by atoms with Gasteiger partial charge < -0.3 is 0 Å². The molecule has 1 aliphatic rings. The Hall–Kier alpha value is -2.00. The second-order valence-corrected chi connectivity index (χ2v) is 10.1. The third-order valence-electron chi connectivity index (χ3n) is 4.96. The lowest BCUT2D eigenvalue weighted by Gasteiger charge is -2.31. The van der Waals surface area contributed by atoms with E-state index in [0.29, 0.717) is 32.5 Å². The fourth-order valence-electron chi connectivity index (χ4n) is 3.24. The summed E-state index contributed by atoms with van der Waals surface area (Å²) in [7, 11) is -1.81. The molecule has 0 aliphatic carbocycles. The third-order valence-corrected chi connectivity index (χ3v) is 6.81. The van der Waals surface area contributed by atoms with Crippen LogP contribution in [0, 0.1) is 5.92 Å². The van der Waals surface area contributed by atoms with Crippen molar-refractivity contribution in [2.75, 3.05) is 13.1 Å². The first kappa shape index (κ1) is 19.8. The summed E-state index contributed by atoms with van der Waals surface area (Å²) < 4.78 is 29.9. The second kappa shape index (κ2) is 7.20. The van der Waals surface area contributed by atoms with E-state index in [-0.39, 0.29) is 21.8 Å². The molecule has 0 amide bonds. The highest BCUT2D eigenvalue weighted by Crippen LogP contribution is 2.24. The van der Waals surface area contributed by atoms with Crippen molar-refractivity contribution in [3.05, 3.63) is 40.6 Å². The minimum absolute atomic E-state index is 0.117. The van der Waals surface area contributed by atoms with E-state index in [9.17, 15) is 13.2 Å². The molecule has 2 aromatic heterocycles. The summed E-state index contributed by atoms with van der Waals surface area (Å²) in [5, 5.41) is 8.47. The van der Waals surface area contributed by atoms with Gasteiger partial charge in [0.25, 0.3) is 5.56 Å². The molecule has 0 unspecified atom stereocenters. The Labute approximate surface area is 159 Å². The summed E-state index contributed by atoms with van der Waals surface area (Å²) >= 11 is 0. The maximum absolute atomic E-state index is 12.7. The zero-order valence-electron chi connectivity index (χ0n) is 16.3. The molecule has 0 aromatic carbocycles. The van der Waals surface area contributed by atoms with Crippen molar-refractivity contribution < 1.29 is 8.42 Å². The largest absolute Gasteiger partial charge is 0.274 e. The first-order chi connectivity index (χ1) is 12.6. The number of sulfonamides is 1. The molecule has 0 atom stereocenters. The van der Waals surface area contributed by atoms with E-state index >= 15 is 0 Å². The Morgan fingerprint density at radius 3 is 2.41 bits per heavy atom. The van der Waals surface area contributed by atoms with Crippen LogP contribution in [-0.2, 0) is 29.0 Å². The fourth-order valence-corrected chi connectivity index (χ4v) is 4.69. The molecule has 0 spiro atoms. The van der Waals surface area contributed by atoms with Crippen LogP contribution in [0.4, 0.5) is 0 Å². The molecule has 0 bridgehead atoms. The van der Waals surface area contributed by atoms with Crippen LogP contribution in [0.1, 0.15) is 39.3 Å². The lowest BCUT2D eigenvalue weighted by atomic mass is 9.92. The summed E-state index contributed by atoms with van der Waals surface area (Å²) in [4.78, 5) is 12.4. The second-order valence-electron chi connectivity index (χ2n) is 8.19. The zero-order chi connectivity index (χ0) is 19.8. The van der Waals surface area contributed by atoms with E-state index in [1.54, 1.807) is 19.2 Å². The van der Waals surface area contributed by atoms with Gasteiger partial charge >= 0.3 is 0 Å². The molecule has 148 valence electrons. The highest BCUT2D eigenvalue weighted by molar-refractivity contribution is 7.89. The quantitative estimate of drug-likeness (QED) is 0.783. The van der Waals surface area contributed by atoms with Gasteiger partial charge in [-0.2, -0.15) is 14.5 Å². The third kappa shape index (κ3) is 4.30. The lowest BCUT2D eigenvalue weighted by molar-refractivity contribution is 0.243. The van der Waals surface area contributed by atoms with Crippen molar-refractivity contribution in [2.24, 2.45) is 13.0 Å². The van der Waals surface area contributed by atoms with Gasteiger partial charge in [-0.05, 0) is 24.8 Å². The van der Waals surface area contributed by atoms with E-state index in [4.69, 9.17) is 0 Å². The smallest absolute Gasteiger partial charge is 0.266 e. The maximum atomic E-state index is 12.7. The van der Waals surface area contributed by atoms with Crippen LogP contribution >= 0.6 is 0 Å². The summed E-state index contributed by atoms with van der Waals surface area (Å²) in [6.45, 7) is 7.58. The first-order valence-corrected chi connectivity index (χ1v) is 10.6. The molecular formula is C18H27N5O3S. The average Bonchev–Trinajstić information content (AvgIpc) is 3.04. The molecular weight excluding hydrogens is 366 g/mol. The standard InChI is InChI=1S/C18H27N5O3S/c1-18(2,3)16-5-6-17(24)23(20-16)12-14-7-9-22(10-8-14)27(25,26)15-11-19-21(4)13-15/h5-6,11,13-14H,7-10,12H2,1-4H3. The summed E-state index contributed by atoms with van der Waals surface area (Å²) in [6.07, 6.45) is 4.30. The van der Waals surface area contributed by atoms with Crippen molar-refractivity contribution >= 4 is 10.0 Å². The van der Waals surface area contributed by atoms with Crippen molar-refractivity contribution in [3.8, 4) is 0 Å². The van der Waals surface area contributed by atoms with Gasteiger partial charge in [-0.25, -0.2) is 13.1 Å². The highest BCUT2D eigenvalue weighted by Gasteiger charge is 2.30. The van der Waals surface area contributed by atoms with Crippen LogP contribution in [0.5, 0.6) is 0 Å². The predicted octanol–water partition coefficient (Wildman–Crippen LogP) is 1.38. The molecule has 1 saturated heterocycles. The Kier molecular flexibility index (Phi) is 5.27. The van der Waals surface area contributed by atoms with Gasteiger partial charge in [-0.15, -0.1) is 0 Å². The summed E-state index contributed by atoms with van der Waals surface area (Å²) in [5.74, 6) is 0.228. The monoisotopic (exact) mass is 393 g/mol. The number of aryl methyl sites for hydroxylation is 1. The Bertz CT molecular complexity index is 963. The fraction of sp³-hybridized carbons (Fsp3) is 0.611. The Morgan fingerprint density at radius 2 is 1.85 bits per heavy atom. The minimum atomic E-state index is -3.51. The molecule has 0 N–H and O–H groups in total. The van der Waals surface area contributed by atoms with Crippen molar-refractivity contribution in [3.63, 3.8) is 0 Å².